The fraction of sp³-hybridized carbons (Fsp3) is 0.286. The third-order valence-electron chi connectivity index (χ3n) is 4.52. The Morgan fingerprint density at radius 2 is 1.81 bits per heavy atom. The molecular weight excluding hydrogens is 344 g/mol. The van der Waals surface area contributed by atoms with Crippen molar-refractivity contribution >= 4 is 23.1 Å². The Morgan fingerprint density at radius 1 is 1.11 bits per heavy atom. The second-order valence-electron chi connectivity index (χ2n) is 7.50. The number of rotatable bonds is 3. The number of amides is 2. The zero-order chi connectivity index (χ0) is 19.0. The number of hydrogen-bond donors (Lipinski definition) is 1. The fourth-order valence-corrected chi connectivity index (χ4v) is 3.09. The normalized spacial score (nSPS) is 18.7. The predicted molar refractivity (Wildman–Crippen MR) is 99.5 cm³/mol. The SMILES string of the molecule is CC1(C)COC(C2=c3cc(NC(=O)c4ccccc4)ccc3=NC2=O)OC1. The van der Waals surface area contributed by atoms with Crippen LogP contribution in [0.1, 0.15) is 24.2 Å². The molecule has 6 nitrogen and oxygen atoms in total. The molecule has 0 atom stereocenters. The predicted octanol–water partition coefficient (Wildman–Crippen LogP) is 1.65. The minimum atomic E-state index is -0.740. The van der Waals surface area contributed by atoms with Gasteiger partial charge in [-0.1, -0.05) is 32.0 Å². The molecule has 1 N–H and O–H groups in total. The van der Waals surface area contributed by atoms with Gasteiger partial charge in [-0.15, -0.1) is 0 Å². The van der Waals surface area contributed by atoms with Gasteiger partial charge < -0.3 is 14.8 Å². The highest BCUT2D eigenvalue weighted by Crippen LogP contribution is 2.27. The molecular formula is C21H20N2O4. The summed E-state index contributed by atoms with van der Waals surface area (Å²) in [6.45, 7) is 5.07. The summed E-state index contributed by atoms with van der Waals surface area (Å²) in [4.78, 5) is 28.8. The number of carbonyl (C=O) groups is 2. The molecule has 0 aromatic heterocycles. The summed E-state index contributed by atoms with van der Waals surface area (Å²) in [6.07, 6.45) is -0.740. The van der Waals surface area contributed by atoms with Crippen LogP contribution in [0.25, 0.3) is 5.57 Å². The molecule has 0 saturated carbocycles. The van der Waals surface area contributed by atoms with E-state index in [1.165, 1.54) is 0 Å². The molecule has 0 spiro atoms. The maximum atomic E-state index is 12.4. The fourth-order valence-electron chi connectivity index (χ4n) is 3.09. The number of fused-ring (bicyclic) bond motifs is 1. The van der Waals surface area contributed by atoms with Gasteiger partial charge in [-0.25, -0.2) is 4.99 Å². The van der Waals surface area contributed by atoms with Crippen LogP contribution < -0.4 is 15.9 Å². The summed E-state index contributed by atoms with van der Waals surface area (Å²) < 4.78 is 11.5. The average molecular weight is 364 g/mol. The lowest BCUT2D eigenvalue weighted by molar-refractivity contribution is -0.193. The second-order valence-corrected chi connectivity index (χ2v) is 7.50. The van der Waals surface area contributed by atoms with Crippen molar-refractivity contribution in [3.05, 3.63) is 64.7 Å². The van der Waals surface area contributed by atoms with Crippen molar-refractivity contribution in [2.45, 2.75) is 20.1 Å². The van der Waals surface area contributed by atoms with Crippen molar-refractivity contribution in [3.8, 4) is 0 Å². The van der Waals surface area contributed by atoms with Gasteiger partial charge in [0.1, 0.15) is 0 Å². The molecule has 1 fully saturated rings. The van der Waals surface area contributed by atoms with E-state index < -0.39 is 6.29 Å². The molecule has 0 bridgehead atoms. The number of anilines is 1. The van der Waals surface area contributed by atoms with Gasteiger partial charge in [0.15, 0.2) is 6.29 Å². The van der Waals surface area contributed by atoms with Gasteiger partial charge in [0.2, 0.25) is 0 Å². The van der Waals surface area contributed by atoms with Crippen LogP contribution >= 0.6 is 0 Å². The molecule has 138 valence electrons. The van der Waals surface area contributed by atoms with Gasteiger partial charge in [0, 0.05) is 21.9 Å². The van der Waals surface area contributed by atoms with E-state index in [-0.39, 0.29) is 17.2 Å². The molecule has 2 amide bonds. The van der Waals surface area contributed by atoms with Crippen molar-refractivity contribution in [2.24, 2.45) is 10.4 Å². The number of nitrogens with one attached hydrogen (secondary N) is 1. The lowest BCUT2D eigenvalue weighted by Gasteiger charge is -2.34. The highest BCUT2D eigenvalue weighted by molar-refractivity contribution is 6.16. The Bertz CT molecular complexity index is 1020. The summed E-state index contributed by atoms with van der Waals surface area (Å²) in [5.74, 6) is -0.577. The van der Waals surface area contributed by atoms with Crippen molar-refractivity contribution in [3.63, 3.8) is 0 Å². The minimum Gasteiger partial charge on any atom is -0.348 e. The van der Waals surface area contributed by atoms with Crippen LogP contribution in [0.15, 0.2) is 53.5 Å². The smallest absolute Gasteiger partial charge is 0.279 e. The summed E-state index contributed by atoms with van der Waals surface area (Å²) in [5, 5.41) is 4.05. The molecule has 2 aliphatic rings. The molecule has 27 heavy (non-hydrogen) atoms. The molecule has 0 aliphatic carbocycles. The zero-order valence-electron chi connectivity index (χ0n) is 15.2. The number of ether oxygens (including phenoxy) is 2. The lowest BCUT2D eigenvalue weighted by Crippen LogP contribution is -2.41. The van der Waals surface area contributed by atoms with Gasteiger partial charge in [-0.3, -0.25) is 9.59 Å². The monoisotopic (exact) mass is 364 g/mol. The summed E-state index contributed by atoms with van der Waals surface area (Å²) >= 11 is 0. The zero-order valence-corrected chi connectivity index (χ0v) is 15.2. The first kappa shape index (κ1) is 17.6. The maximum absolute atomic E-state index is 12.4. The summed E-state index contributed by atoms with van der Waals surface area (Å²) in [5.41, 5.74) is 1.44. The summed E-state index contributed by atoms with van der Waals surface area (Å²) in [6, 6.07) is 14.1. The van der Waals surface area contributed by atoms with Crippen molar-refractivity contribution in [2.75, 3.05) is 18.5 Å². The van der Waals surface area contributed by atoms with Crippen molar-refractivity contribution < 1.29 is 19.1 Å². The van der Waals surface area contributed by atoms with E-state index in [1.807, 2.05) is 19.9 Å². The molecule has 4 rings (SSSR count). The van der Waals surface area contributed by atoms with Gasteiger partial charge in [-0.05, 0) is 30.3 Å². The van der Waals surface area contributed by atoms with Crippen LogP contribution in [-0.2, 0) is 14.3 Å². The lowest BCUT2D eigenvalue weighted by atomic mass is 9.95. The molecule has 1 saturated heterocycles. The Hall–Kier alpha value is -2.83. The van der Waals surface area contributed by atoms with Gasteiger partial charge >= 0.3 is 0 Å². The number of nitrogens with zero attached hydrogens (tertiary/aromatic N) is 1. The van der Waals surface area contributed by atoms with Gasteiger partial charge in [0.25, 0.3) is 11.8 Å². The Kier molecular flexibility index (Phi) is 4.37. The molecule has 2 aromatic rings. The first-order valence-corrected chi connectivity index (χ1v) is 8.80. The third kappa shape index (κ3) is 3.54. The highest BCUT2D eigenvalue weighted by atomic mass is 16.7. The van der Waals surface area contributed by atoms with E-state index in [2.05, 4.69) is 10.3 Å². The number of carbonyl (C=O) groups excluding carboxylic acids is 2. The average Bonchev–Trinajstić information content (AvgIpc) is 2.98. The van der Waals surface area contributed by atoms with E-state index in [4.69, 9.17) is 9.47 Å². The van der Waals surface area contributed by atoms with Crippen LogP contribution in [0.4, 0.5) is 5.69 Å². The molecule has 0 unspecified atom stereocenters. The van der Waals surface area contributed by atoms with Crippen LogP contribution in [0.3, 0.4) is 0 Å². The highest BCUT2D eigenvalue weighted by Gasteiger charge is 2.34. The minimum absolute atomic E-state index is 0.0931. The van der Waals surface area contributed by atoms with E-state index >= 15 is 0 Å². The van der Waals surface area contributed by atoms with Crippen molar-refractivity contribution in [1.82, 2.24) is 0 Å². The van der Waals surface area contributed by atoms with E-state index in [0.29, 0.717) is 40.6 Å². The third-order valence-corrected chi connectivity index (χ3v) is 4.52. The topological polar surface area (TPSA) is 77.0 Å². The van der Waals surface area contributed by atoms with Crippen LogP contribution in [0.5, 0.6) is 0 Å². The Morgan fingerprint density at radius 3 is 2.52 bits per heavy atom. The molecule has 2 aromatic carbocycles. The Balaban J connectivity index is 1.65. The largest absolute Gasteiger partial charge is 0.348 e. The molecule has 2 aliphatic heterocycles. The second kappa shape index (κ2) is 6.72. The van der Waals surface area contributed by atoms with Crippen LogP contribution in [0.2, 0.25) is 0 Å². The summed E-state index contributed by atoms with van der Waals surface area (Å²) in [7, 11) is 0. The van der Waals surface area contributed by atoms with Crippen LogP contribution in [-0.4, -0.2) is 31.3 Å². The van der Waals surface area contributed by atoms with Crippen molar-refractivity contribution in [1.29, 1.82) is 0 Å². The Labute approximate surface area is 156 Å². The van der Waals surface area contributed by atoms with Crippen LogP contribution in [0, 0.1) is 5.41 Å². The van der Waals surface area contributed by atoms with Gasteiger partial charge in [0.05, 0.1) is 24.1 Å². The van der Waals surface area contributed by atoms with E-state index in [0.717, 1.165) is 0 Å². The maximum Gasteiger partial charge on any atom is 0.279 e. The standard InChI is InChI=1S/C21H20N2O4/c1-21(2)11-26-20(27-12-21)17-15-10-14(8-9-16(15)23-19(17)25)22-18(24)13-6-4-3-5-7-13/h3-10,20H,11-12H2,1-2H3,(H,22,24). The van der Waals surface area contributed by atoms with Gasteiger partial charge in [-0.2, -0.15) is 0 Å². The van der Waals surface area contributed by atoms with E-state index in [1.54, 1.807) is 42.5 Å². The molecule has 2 heterocycles. The number of hydrogen-bond acceptors (Lipinski definition) is 4. The molecule has 0 radical (unpaired) electrons. The van der Waals surface area contributed by atoms with E-state index in [9.17, 15) is 9.59 Å². The quantitative estimate of drug-likeness (QED) is 0.898. The molecule has 6 heteroatoms. The number of benzene rings is 2. The first-order chi connectivity index (χ1) is 12.9. The first-order valence-electron chi connectivity index (χ1n) is 8.80.